The first-order valence-electron chi connectivity index (χ1n) is 6.71. The average Bonchev–Trinajstić information content (AvgIpc) is 3.18. The molecule has 5 nitrogen and oxygen atoms in total. The molecule has 0 aliphatic heterocycles. The van der Waals surface area contributed by atoms with Crippen molar-refractivity contribution in [3.8, 4) is 11.5 Å². The number of furan rings is 1. The lowest BCUT2D eigenvalue weighted by molar-refractivity contribution is -0.120. The van der Waals surface area contributed by atoms with Crippen molar-refractivity contribution in [2.75, 3.05) is 0 Å². The summed E-state index contributed by atoms with van der Waals surface area (Å²) in [5, 5.41) is 7.34. The third kappa shape index (κ3) is 3.56. The van der Waals surface area contributed by atoms with Gasteiger partial charge in [0.2, 0.25) is 11.7 Å². The van der Waals surface area contributed by atoms with Gasteiger partial charge in [-0.1, -0.05) is 28.9 Å². The second-order valence-electron chi connectivity index (χ2n) is 4.74. The molecule has 0 spiro atoms. The van der Waals surface area contributed by atoms with E-state index in [0.29, 0.717) is 35.2 Å². The molecule has 0 unspecified atom stereocenters. The summed E-state index contributed by atoms with van der Waals surface area (Å²) in [4.78, 5) is 11.9. The van der Waals surface area contributed by atoms with Gasteiger partial charge < -0.3 is 14.3 Å². The molecule has 6 heteroatoms. The van der Waals surface area contributed by atoms with Crippen LogP contribution >= 0.6 is 11.6 Å². The molecule has 1 N–H and O–H groups in total. The molecule has 3 rings (SSSR count). The minimum Gasteiger partial charge on any atom is -0.461 e. The number of aromatic nitrogens is 1. The first kappa shape index (κ1) is 14.4. The summed E-state index contributed by atoms with van der Waals surface area (Å²) in [5.41, 5.74) is 1.54. The lowest BCUT2D eigenvalue weighted by Crippen LogP contribution is -2.24. The third-order valence-electron chi connectivity index (χ3n) is 3.07. The molecular weight excluding hydrogens is 304 g/mol. The van der Waals surface area contributed by atoms with Crippen molar-refractivity contribution in [2.24, 2.45) is 0 Å². The maximum atomic E-state index is 11.9. The highest BCUT2D eigenvalue weighted by Gasteiger charge is 2.10. The molecule has 0 atom stereocenters. The maximum absolute atomic E-state index is 11.9. The normalized spacial score (nSPS) is 10.6. The molecule has 2 aromatic heterocycles. The van der Waals surface area contributed by atoms with E-state index in [1.54, 1.807) is 36.6 Å². The number of carbonyl (C=O) groups excluding carboxylic acids is 1. The van der Waals surface area contributed by atoms with Crippen molar-refractivity contribution in [2.45, 2.75) is 13.0 Å². The Morgan fingerprint density at radius 1 is 1.18 bits per heavy atom. The van der Waals surface area contributed by atoms with Crippen molar-refractivity contribution in [3.05, 3.63) is 65.0 Å². The van der Waals surface area contributed by atoms with Gasteiger partial charge >= 0.3 is 0 Å². The highest BCUT2D eigenvalue weighted by molar-refractivity contribution is 6.30. The van der Waals surface area contributed by atoms with Crippen molar-refractivity contribution in [1.82, 2.24) is 10.5 Å². The number of halogens is 1. The van der Waals surface area contributed by atoms with Gasteiger partial charge in [-0.15, -0.1) is 0 Å². The van der Waals surface area contributed by atoms with Crippen LogP contribution in [0.25, 0.3) is 11.5 Å². The van der Waals surface area contributed by atoms with E-state index in [2.05, 4.69) is 10.5 Å². The van der Waals surface area contributed by atoms with Gasteiger partial charge in [-0.25, -0.2) is 0 Å². The Bertz CT molecular complexity index is 748. The Kier molecular flexibility index (Phi) is 4.25. The van der Waals surface area contributed by atoms with Crippen LogP contribution in [-0.2, 0) is 17.8 Å². The molecule has 0 bridgehead atoms. The van der Waals surface area contributed by atoms with Crippen molar-refractivity contribution in [3.63, 3.8) is 0 Å². The van der Waals surface area contributed by atoms with Crippen LogP contribution < -0.4 is 5.32 Å². The van der Waals surface area contributed by atoms with E-state index in [1.165, 1.54) is 0 Å². The van der Waals surface area contributed by atoms with Crippen LogP contribution in [0.2, 0.25) is 5.02 Å². The lowest BCUT2D eigenvalue weighted by atomic mass is 10.1. The van der Waals surface area contributed by atoms with Gasteiger partial charge in [-0.2, -0.15) is 0 Å². The minimum atomic E-state index is -0.0927. The average molecular weight is 317 g/mol. The fourth-order valence-electron chi connectivity index (χ4n) is 1.97. The largest absolute Gasteiger partial charge is 0.461 e. The number of nitrogens with one attached hydrogen (secondary N) is 1. The van der Waals surface area contributed by atoms with Gasteiger partial charge in [0.05, 0.1) is 19.2 Å². The zero-order chi connectivity index (χ0) is 15.4. The summed E-state index contributed by atoms with van der Waals surface area (Å²) in [7, 11) is 0. The first-order chi connectivity index (χ1) is 10.7. The van der Waals surface area contributed by atoms with E-state index in [9.17, 15) is 4.79 Å². The van der Waals surface area contributed by atoms with Crippen LogP contribution in [0.15, 0.2) is 57.7 Å². The Morgan fingerprint density at radius 3 is 2.73 bits per heavy atom. The minimum absolute atomic E-state index is 0.0927. The van der Waals surface area contributed by atoms with Crippen LogP contribution in [-0.4, -0.2) is 11.1 Å². The van der Waals surface area contributed by atoms with E-state index >= 15 is 0 Å². The molecule has 112 valence electrons. The van der Waals surface area contributed by atoms with E-state index in [4.69, 9.17) is 20.5 Å². The molecule has 1 amide bonds. The predicted octanol–water partition coefficient (Wildman–Crippen LogP) is 3.45. The van der Waals surface area contributed by atoms with E-state index < -0.39 is 0 Å². The number of benzene rings is 1. The lowest BCUT2D eigenvalue weighted by Gasteiger charge is -2.03. The zero-order valence-corrected chi connectivity index (χ0v) is 12.3. The van der Waals surface area contributed by atoms with E-state index in [0.717, 1.165) is 5.56 Å². The molecule has 22 heavy (non-hydrogen) atoms. The second kappa shape index (κ2) is 6.49. The Hall–Kier alpha value is -2.53. The SMILES string of the molecule is O=C(Cc1ccc(Cl)cc1)NCc1cc(-c2ccco2)on1. The molecule has 0 aliphatic carbocycles. The number of hydrogen-bond acceptors (Lipinski definition) is 4. The molecule has 0 fully saturated rings. The molecule has 3 aromatic rings. The molecule has 0 saturated carbocycles. The Labute approximate surface area is 131 Å². The van der Waals surface area contributed by atoms with Gasteiger partial charge in [0, 0.05) is 11.1 Å². The van der Waals surface area contributed by atoms with Crippen molar-refractivity contribution >= 4 is 17.5 Å². The van der Waals surface area contributed by atoms with Crippen LogP contribution in [0.4, 0.5) is 0 Å². The van der Waals surface area contributed by atoms with E-state index in [1.807, 2.05) is 12.1 Å². The first-order valence-corrected chi connectivity index (χ1v) is 7.09. The summed E-state index contributed by atoms with van der Waals surface area (Å²) in [5.74, 6) is 1.04. The quantitative estimate of drug-likeness (QED) is 0.783. The summed E-state index contributed by atoms with van der Waals surface area (Å²) < 4.78 is 10.4. The fourth-order valence-corrected chi connectivity index (χ4v) is 2.10. The van der Waals surface area contributed by atoms with Gasteiger partial charge in [-0.3, -0.25) is 4.79 Å². The van der Waals surface area contributed by atoms with Gasteiger partial charge in [0.1, 0.15) is 5.69 Å². The van der Waals surface area contributed by atoms with Gasteiger partial charge in [0.15, 0.2) is 5.76 Å². The van der Waals surface area contributed by atoms with Crippen LogP contribution in [0.1, 0.15) is 11.3 Å². The number of carbonyl (C=O) groups is 1. The third-order valence-corrected chi connectivity index (χ3v) is 3.32. The molecule has 2 heterocycles. The van der Waals surface area contributed by atoms with Crippen LogP contribution in [0.3, 0.4) is 0 Å². The van der Waals surface area contributed by atoms with Gasteiger partial charge in [0.25, 0.3) is 0 Å². The number of hydrogen-bond donors (Lipinski definition) is 1. The fraction of sp³-hybridized carbons (Fsp3) is 0.125. The molecule has 0 saturated heterocycles. The summed E-state index contributed by atoms with van der Waals surface area (Å²) in [6.45, 7) is 0.302. The van der Waals surface area contributed by atoms with Crippen molar-refractivity contribution < 1.29 is 13.7 Å². The molecule has 1 aromatic carbocycles. The molecule has 0 radical (unpaired) electrons. The number of amides is 1. The Morgan fingerprint density at radius 2 is 2.00 bits per heavy atom. The number of nitrogens with zero attached hydrogens (tertiary/aromatic N) is 1. The highest BCUT2D eigenvalue weighted by atomic mass is 35.5. The Balaban J connectivity index is 1.54. The standard InChI is InChI=1S/C16H13ClN2O3/c17-12-5-3-11(4-6-12)8-16(20)18-10-13-9-15(22-19-13)14-2-1-7-21-14/h1-7,9H,8,10H2,(H,18,20). The van der Waals surface area contributed by atoms with E-state index in [-0.39, 0.29) is 5.91 Å². The summed E-state index contributed by atoms with van der Waals surface area (Å²) in [6.07, 6.45) is 1.85. The second-order valence-corrected chi connectivity index (χ2v) is 5.18. The van der Waals surface area contributed by atoms with Crippen molar-refractivity contribution in [1.29, 1.82) is 0 Å². The van der Waals surface area contributed by atoms with Gasteiger partial charge in [-0.05, 0) is 29.8 Å². The summed E-state index contributed by atoms with van der Waals surface area (Å²) in [6, 6.07) is 12.5. The molecule has 0 aliphatic rings. The zero-order valence-electron chi connectivity index (χ0n) is 11.6. The topological polar surface area (TPSA) is 68.3 Å². The summed E-state index contributed by atoms with van der Waals surface area (Å²) >= 11 is 5.81. The maximum Gasteiger partial charge on any atom is 0.224 e. The predicted molar refractivity (Wildman–Crippen MR) is 81.2 cm³/mol. The monoisotopic (exact) mass is 316 g/mol. The number of rotatable bonds is 5. The molecular formula is C16H13ClN2O3. The smallest absolute Gasteiger partial charge is 0.224 e. The van der Waals surface area contributed by atoms with Crippen LogP contribution in [0, 0.1) is 0 Å². The van der Waals surface area contributed by atoms with Crippen LogP contribution in [0.5, 0.6) is 0 Å². The highest BCUT2D eigenvalue weighted by Crippen LogP contribution is 2.20.